The summed E-state index contributed by atoms with van der Waals surface area (Å²) in [5.74, 6) is -0.448. The average Bonchev–Trinajstić information content (AvgIpc) is 3.07. The molecule has 130 valence electrons. The monoisotopic (exact) mass is 348 g/mol. The SMILES string of the molecule is C=C(C)CN1CCN(C(=O)Nc2sc3c(c2C(N)=O)CCC3)CC1. The lowest BCUT2D eigenvalue weighted by molar-refractivity contribution is 0.100. The highest BCUT2D eigenvalue weighted by Gasteiger charge is 2.28. The van der Waals surface area contributed by atoms with E-state index in [4.69, 9.17) is 5.73 Å². The third kappa shape index (κ3) is 3.47. The van der Waals surface area contributed by atoms with E-state index in [1.807, 2.05) is 6.92 Å². The van der Waals surface area contributed by atoms with Crippen molar-refractivity contribution in [3.8, 4) is 0 Å². The number of urea groups is 1. The number of rotatable bonds is 4. The van der Waals surface area contributed by atoms with Gasteiger partial charge < -0.3 is 10.6 Å². The maximum Gasteiger partial charge on any atom is 0.322 e. The fourth-order valence-corrected chi connectivity index (χ4v) is 4.70. The highest BCUT2D eigenvalue weighted by Crippen LogP contribution is 2.38. The van der Waals surface area contributed by atoms with Gasteiger partial charge >= 0.3 is 6.03 Å². The van der Waals surface area contributed by atoms with Crippen molar-refractivity contribution in [3.63, 3.8) is 0 Å². The third-order valence-corrected chi connectivity index (χ3v) is 5.75. The number of nitrogens with zero attached hydrogens (tertiary/aromatic N) is 2. The van der Waals surface area contributed by atoms with Crippen LogP contribution < -0.4 is 11.1 Å². The molecule has 7 heteroatoms. The van der Waals surface area contributed by atoms with Gasteiger partial charge in [0.05, 0.1) is 5.56 Å². The Morgan fingerprint density at radius 3 is 2.58 bits per heavy atom. The fraction of sp³-hybridized carbons (Fsp3) is 0.529. The molecule has 0 aromatic carbocycles. The van der Waals surface area contributed by atoms with Crippen LogP contribution in [0.15, 0.2) is 12.2 Å². The van der Waals surface area contributed by atoms with E-state index in [0.717, 1.165) is 50.0 Å². The van der Waals surface area contributed by atoms with Crippen molar-refractivity contribution in [2.24, 2.45) is 5.73 Å². The van der Waals surface area contributed by atoms with Crippen molar-refractivity contribution in [2.45, 2.75) is 26.2 Å². The highest BCUT2D eigenvalue weighted by molar-refractivity contribution is 7.17. The Kier molecular flexibility index (Phi) is 4.91. The van der Waals surface area contributed by atoms with Gasteiger partial charge in [-0.15, -0.1) is 11.3 Å². The normalized spacial score (nSPS) is 17.6. The first kappa shape index (κ1) is 17.0. The maximum atomic E-state index is 12.5. The summed E-state index contributed by atoms with van der Waals surface area (Å²) in [5, 5.41) is 3.53. The minimum Gasteiger partial charge on any atom is -0.365 e. The molecule has 1 fully saturated rings. The van der Waals surface area contributed by atoms with Gasteiger partial charge in [0.1, 0.15) is 5.00 Å². The van der Waals surface area contributed by atoms with E-state index in [-0.39, 0.29) is 6.03 Å². The van der Waals surface area contributed by atoms with Crippen molar-refractivity contribution in [2.75, 3.05) is 38.0 Å². The van der Waals surface area contributed by atoms with Crippen LogP contribution in [0.3, 0.4) is 0 Å². The second-order valence-corrected chi connectivity index (χ2v) is 7.68. The molecule has 3 rings (SSSR count). The minimum absolute atomic E-state index is 0.146. The standard InChI is InChI=1S/C17H24N4O2S/c1-11(2)10-20-6-8-21(9-7-20)17(23)19-16-14(15(18)22)12-4-3-5-13(12)24-16/h1,3-10H2,2H3,(H2,18,22)(H,19,23). The van der Waals surface area contributed by atoms with Gasteiger partial charge in [-0.05, 0) is 31.7 Å². The zero-order valence-electron chi connectivity index (χ0n) is 14.1. The zero-order chi connectivity index (χ0) is 17.3. The van der Waals surface area contributed by atoms with Gasteiger partial charge in [0.2, 0.25) is 0 Å². The summed E-state index contributed by atoms with van der Waals surface area (Å²) in [5.41, 5.74) is 8.22. The molecule has 0 spiro atoms. The van der Waals surface area contributed by atoms with Crippen LogP contribution in [0, 0.1) is 0 Å². The molecule has 24 heavy (non-hydrogen) atoms. The number of aryl methyl sites for hydroxylation is 1. The van der Waals surface area contributed by atoms with Crippen LogP contribution in [0.1, 0.15) is 34.1 Å². The number of hydrogen-bond donors (Lipinski definition) is 2. The van der Waals surface area contributed by atoms with Gasteiger partial charge in [0.15, 0.2) is 0 Å². The summed E-state index contributed by atoms with van der Waals surface area (Å²) in [7, 11) is 0. The topological polar surface area (TPSA) is 78.7 Å². The van der Waals surface area contributed by atoms with Gasteiger partial charge in [0.25, 0.3) is 5.91 Å². The lowest BCUT2D eigenvalue weighted by Crippen LogP contribution is -2.50. The molecule has 0 radical (unpaired) electrons. The van der Waals surface area contributed by atoms with Crippen molar-refractivity contribution in [1.29, 1.82) is 0 Å². The predicted molar refractivity (Wildman–Crippen MR) is 96.7 cm³/mol. The Bertz CT molecular complexity index is 674. The van der Waals surface area contributed by atoms with E-state index < -0.39 is 5.91 Å². The highest BCUT2D eigenvalue weighted by atomic mass is 32.1. The van der Waals surface area contributed by atoms with E-state index in [1.54, 1.807) is 4.90 Å². The molecule has 0 bridgehead atoms. The van der Waals surface area contributed by atoms with Crippen LogP contribution in [0.4, 0.5) is 9.80 Å². The van der Waals surface area contributed by atoms with Crippen LogP contribution in [-0.4, -0.2) is 54.5 Å². The predicted octanol–water partition coefficient (Wildman–Crippen LogP) is 2.06. The first-order valence-corrected chi connectivity index (χ1v) is 9.14. The number of piperazine rings is 1. The fourth-order valence-electron chi connectivity index (χ4n) is 3.42. The lowest BCUT2D eigenvalue weighted by Gasteiger charge is -2.34. The van der Waals surface area contributed by atoms with E-state index in [1.165, 1.54) is 16.2 Å². The molecule has 0 saturated carbocycles. The van der Waals surface area contributed by atoms with Crippen LogP contribution in [0.2, 0.25) is 0 Å². The van der Waals surface area contributed by atoms with E-state index in [0.29, 0.717) is 23.7 Å². The Balaban J connectivity index is 1.64. The molecule has 1 aliphatic carbocycles. The molecule has 1 aromatic rings. The molecule has 0 atom stereocenters. The number of thiophene rings is 1. The summed E-state index contributed by atoms with van der Waals surface area (Å²) < 4.78 is 0. The molecule has 1 aliphatic heterocycles. The molecule has 2 heterocycles. The Labute approximate surface area is 146 Å². The van der Waals surface area contributed by atoms with Gasteiger partial charge in [-0.1, -0.05) is 12.2 Å². The smallest absolute Gasteiger partial charge is 0.322 e. The number of hydrogen-bond acceptors (Lipinski definition) is 4. The molecule has 1 saturated heterocycles. The number of nitrogens with one attached hydrogen (secondary N) is 1. The van der Waals surface area contributed by atoms with Crippen LogP contribution in [0.25, 0.3) is 0 Å². The molecular formula is C17H24N4O2S. The summed E-state index contributed by atoms with van der Waals surface area (Å²) in [6, 6.07) is -0.146. The van der Waals surface area contributed by atoms with Crippen LogP contribution in [-0.2, 0) is 12.8 Å². The second kappa shape index (κ2) is 6.94. The molecule has 0 unspecified atom stereocenters. The minimum atomic E-state index is -0.448. The number of carbonyl (C=O) groups is 2. The number of anilines is 1. The number of carbonyl (C=O) groups excluding carboxylic acids is 2. The van der Waals surface area contributed by atoms with E-state index in [9.17, 15) is 9.59 Å². The largest absolute Gasteiger partial charge is 0.365 e. The van der Waals surface area contributed by atoms with E-state index >= 15 is 0 Å². The van der Waals surface area contributed by atoms with Crippen molar-refractivity contribution in [3.05, 3.63) is 28.2 Å². The summed E-state index contributed by atoms with van der Waals surface area (Å²) in [6.45, 7) is 9.85. The Morgan fingerprint density at radius 1 is 1.25 bits per heavy atom. The van der Waals surface area contributed by atoms with Gasteiger partial charge in [-0.25, -0.2) is 4.79 Å². The van der Waals surface area contributed by atoms with Gasteiger partial charge in [0, 0.05) is 37.6 Å². The van der Waals surface area contributed by atoms with Gasteiger partial charge in [-0.2, -0.15) is 0 Å². The Hall–Kier alpha value is -1.86. The summed E-state index contributed by atoms with van der Waals surface area (Å²) in [4.78, 5) is 29.6. The number of primary amides is 1. The maximum absolute atomic E-state index is 12.5. The average molecular weight is 348 g/mol. The van der Waals surface area contributed by atoms with Crippen molar-refractivity contribution < 1.29 is 9.59 Å². The van der Waals surface area contributed by atoms with Gasteiger partial charge in [-0.3, -0.25) is 15.0 Å². The molecule has 1 aromatic heterocycles. The number of nitrogens with two attached hydrogens (primary N) is 1. The number of fused-ring (bicyclic) bond motifs is 1. The Morgan fingerprint density at radius 2 is 1.96 bits per heavy atom. The molecule has 2 aliphatic rings. The number of amides is 3. The summed E-state index contributed by atoms with van der Waals surface area (Å²) in [6.07, 6.45) is 2.90. The van der Waals surface area contributed by atoms with E-state index in [2.05, 4.69) is 16.8 Å². The molecule has 3 N–H and O–H groups in total. The lowest BCUT2D eigenvalue weighted by atomic mass is 10.1. The first-order chi connectivity index (χ1) is 11.5. The second-order valence-electron chi connectivity index (χ2n) is 6.58. The summed E-state index contributed by atoms with van der Waals surface area (Å²) >= 11 is 1.50. The quantitative estimate of drug-likeness (QED) is 0.818. The first-order valence-electron chi connectivity index (χ1n) is 8.32. The molecular weight excluding hydrogens is 324 g/mol. The third-order valence-electron chi connectivity index (χ3n) is 4.54. The van der Waals surface area contributed by atoms with Crippen molar-refractivity contribution >= 4 is 28.3 Å². The van der Waals surface area contributed by atoms with Crippen LogP contribution in [0.5, 0.6) is 0 Å². The zero-order valence-corrected chi connectivity index (χ0v) is 14.9. The molecule has 6 nitrogen and oxygen atoms in total. The van der Waals surface area contributed by atoms with Crippen LogP contribution >= 0.6 is 11.3 Å². The molecule has 3 amide bonds. The van der Waals surface area contributed by atoms with Crippen molar-refractivity contribution in [1.82, 2.24) is 9.80 Å².